The Balaban J connectivity index is 1.92. The fourth-order valence-electron chi connectivity index (χ4n) is 1.61. The summed E-state index contributed by atoms with van der Waals surface area (Å²) in [6.45, 7) is 0. The summed E-state index contributed by atoms with van der Waals surface area (Å²) >= 11 is 1.50. The zero-order valence-corrected chi connectivity index (χ0v) is 11.0. The third-order valence-electron chi connectivity index (χ3n) is 2.62. The van der Waals surface area contributed by atoms with Crippen molar-refractivity contribution < 1.29 is 9.26 Å². The van der Waals surface area contributed by atoms with Crippen molar-refractivity contribution in [3.05, 3.63) is 35.7 Å². The average Bonchev–Trinajstić information content (AvgIpc) is 3.08. The van der Waals surface area contributed by atoms with Crippen LogP contribution in [0.3, 0.4) is 0 Å². The van der Waals surface area contributed by atoms with Gasteiger partial charge in [0.2, 0.25) is 5.82 Å². The van der Waals surface area contributed by atoms with Crippen molar-refractivity contribution in [1.29, 1.82) is 0 Å². The van der Waals surface area contributed by atoms with E-state index in [0.29, 0.717) is 17.4 Å². The molecule has 5 nitrogen and oxygen atoms in total. The number of aromatic nitrogens is 2. The number of rotatable bonds is 3. The molecule has 19 heavy (non-hydrogen) atoms. The molecule has 0 aliphatic carbocycles. The lowest BCUT2D eigenvalue weighted by Crippen LogP contribution is -1.85. The zero-order chi connectivity index (χ0) is 13.2. The van der Waals surface area contributed by atoms with E-state index in [2.05, 4.69) is 10.1 Å². The zero-order valence-electron chi connectivity index (χ0n) is 10.2. The number of hydrogen-bond donors (Lipinski definition) is 1. The van der Waals surface area contributed by atoms with Crippen LogP contribution in [-0.2, 0) is 0 Å². The van der Waals surface area contributed by atoms with E-state index in [9.17, 15) is 0 Å². The highest BCUT2D eigenvalue weighted by Gasteiger charge is 2.12. The smallest absolute Gasteiger partial charge is 0.268 e. The summed E-state index contributed by atoms with van der Waals surface area (Å²) in [5, 5.41) is 5.86. The minimum absolute atomic E-state index is 0.486. The predicted molar refractivity (Wildman–Crippen MR) is 74.0 cm³/mol. The molecule has 0 bridgehead atoms. The molecule has 0 radical (unpaired) electrons. The fourth-order valence-corrected chi connectivity index (χ4v) is 2.39. The summed E-state index contributed by atoms with van der Waals surface area (Å²) in [4.78, 5) is 5.24. The van der Waals surface area contributed by atoms with Gasteiger partial charge in [0.25, 0.3) is 5.89 Å². The van der Waals surface area contributed by atoms with Crippen molar-refractivity contribution in [2.24, 2.45) is 0 Å². The number of nitrogen functional groups attached to an aromatic ring is 1. The maximum Gasteiger partial charge on any atom is 0.268 e. The largest absolute Gasteiger partial charge is 0.496 e. The summed E-state index contributed by atoms with van der Waals surface area (Å²) in [6.07, 6.45) is 0. The van der Waals surface area contributed by atoms with Crippen LogP contribution in [0.1, 0.15) is 0 Å². The first-order valence-electron chi connectivity index (χ1n) is 5.59. The third-order valence-corrected chi connectivity index (χ3v) is 3.51. The third kappa shape index (κ3) is 2.30. The van der Waals surface area contributed by atoms with Crippen molar-refractivity contribution >= 4 is 17.0 Å². The highest BCUT2D eigenvalue weighted by molar-refractivity contribution is 7.13. The van der Waals surface area contributed by atoms with Crippen LogP contribution in [0, 0.1) is 0 Å². The van der Waals surface area contributed by atoms with Gasteiger partial charge in [0.15, 0.2) is 0 Å². The van der Waals surface area contributed by atoms with Crippen LogP contribution in [0.15, 0.2) is 40.2 Å². The number of methoxy groups -OCH3 is 1. The Kier molecular flexibility index (Phi) is 2.92. The van der Waals surface area contributed by atoms with Crippen LogP contribution in [0.5, 0.6) is 5.75 Å². The maximum atomic E-state index is 5.64. The lowest BCUT2D eigenvalue weighted by Gasteiger charge is -1.94. The Morgan fingerprint density at radius 2 is 2.05 bits per heavy atom. The highest BCUT2D eigenvalue weighted by Crippen LogP contribution is 2.31. The SMILES string of the molecule is COc1csc(-c2nc(-c3ccc(N)cc3)no2)c1. The number of benzene rings is 1. The molecule has 0 amide bonds. The number of hydrogen-bond acceptors (Lipinski definition) is 6. The Hall–Kier alpha value is -2.34. The summed E-state index contributed by atoms with van der Waals surface area (Å²) in [7, 11) is 1.62. The predicted octanol–water partition coefficient (Wildman–Crippen LogP) is 3.06. The topological polar surface area (TPSA) is 74.2 Å². The fraction of sp³-hybridized carbons (Fsp3) is 0.0769. The van der Waals surface area contributed by atoms with E-state index >= 15 is 0 Å². The molecule has 0 aliphatic heterocycles. The van der Waals surface area contributed by atoms with Crippen molar-refractivity contribution in [2.45, 2.75) is 0 Å². The Bertz CT molecular complexity index is 688. The molecule has 0 saturated heterocycles. The van der Waals surface area contributed by atoms with Crippen molar-refractivity contribution in [1.82, 2.24) is 10.1 Å². The lowest BCUT2D eigenvalue weighted by molar-refractivity contribution is 0.415. The van der Waals surface area contributed by atoms with Gasteiger partial charge in [0.05, 0.1) is 12.0 Å². The first-order valence-corrected chi connectivity index (χ1v) is 6.47. The van der Waals surface area contributed by atoms with E-state index < -0.39 is 0 Å². The summed E-state index contributed by atoms with van der Waals surface area (Å²) in [6, 6.07) is 9.20. The number of nitrogens with zero attached hydrogens (tertiary/aromatic N) is 2. The van der Waals surface area contributed by atoms with Gasteiger partial charge in [-0.05, 0) is 24.3 Å². The van der Waals surface area contributed by atoms with Crippen LogP contribution in [0.2, 0.25) is 0 Å². The monoisotopic (exact) mass is 273 g/mol. The molecule has 0 spiro atoms. The second-order valence-corrected chi connectivity index (χ2v) is 4.81. The Morgan fingerprint density at radius 1 is 1.26 bits per heavy atom. The van der Waals surface area contributed by atoms with Crippen LogP contribution >= 0.6 is 11.3 Å². The molecule has 3 rings (SSSR count). The molecule has 0 unspecified atom stereocenters. The number of anilines is 1. The second kappa shape index (κ2) is 4.74. The van der Waals surface area contributed by atoms with E-state index in [1.165, 1.54) is 11.3 Å². The van der Waals surface area contributed by atoms with Gasteiger partial charge in [-0.25, -0.2) is 0 Å². The van der Waals surface area contributed by atoms with Gasteiger partial charge in [0, 0.05) is 22.7 Å². The summed E-state index contributed by atoms with van der Waals surface area (Å²) in [5.74, 6) is 1.81. The van der Waals surface area contributed by atoms with Crippen molar-refractivity contribution in [3.63, 3.8) is 0 Å². The molecular weight excluding hydrogens is 262 g/mol. The molecule has 2 aromatic heterocycles. The molecule has 96 valence electrons. The highest BCUT2D eigenvalue weighted by atomic mass is 32.1. The molecule has 6 heteroatoms. The Morgan fingerprint density at radius 3 is 2.74 bits per heavy atom. The van der Waals surface area contributed by atoms with Gasteiger partial charge < -0.3 is 15.0 Å². The van der Waals surface area contributed by atoms with Gasteiger partial charge in [-0.3, -0.25) is 0 Å². The molecule has 1 aromatic carbocycles. The van der Waals surface area contributed by atoms with Crippen molar-refractivity contribution in [3.8, 4) is 27.9 Å². The van der Waals surface area contributed by atoms with Crippen molar-refractivity contribution in [2.75, 3.05) is 12.8 Å². The van der Waals surface area contributed by atoms with E-state index in [0.717, 1.165) is 16.2 Å². The molecule has 0 aliphatic rings. The summed E-state index contributed by atoms with van der Waals surface area (Å²) < 4.78 is 10.4. The molecule has 2 N–H and O–H groups in total. The average molecular weight is 273 g/mol. The minimum atomic E-state index is 0.486. The summed E-state index contributed by atoms with van der Waals surface area (Å²) in [5.41, 5.74) is 7.21. The van der Waals surface area contributed by atoms with E-state index in [1.807, 2.05) is 23.6 Å². The van der Waals surface area contributed by atoms with E-state index in [-0.39, 0.29) is 0 Å². The molecule has 0 fully saturated rings. The van der Waals surface area contributed by atoms with E-state index in [1.54, 1.807) is 19.2 Å². The molecule has 0 atom stereocenters. The lowest BCUT2D eigenvalue weighted by atomic mass is 10.2. The first kappa shape index (κ1) is 11.7. The van der Waals surface area contributed by atoms with Gasteiger partial charge in [-0.2, -0.15) is 4.98 Å². The normalized spacial score (nSPS) is 10.6. The molecule has 0 saturated carbocycles. The van der Waals surface area contributed by atoms with Crippen LogP contribution in [0.4, 0.5) is 5.69 Å². The second-order valence-electron chi connectivity index (χ2n) is 3.90. The standard InChI is InChI=1S/C13H11N3O2S/c1-17-10-6-11(19-7-10)13-15-12(16-18-13)8-2-4-9(14)5-3-8/h2-7H,14H2,1H3. The number of nitrogens with two attached hydrogens (primary N) is 1. The van der Waals surface area contributed by atoms with Gasteiger partial charge in [-0.1, -0.05) is 5.16 Å². The van der Waals surface area contributed by atoms with Crippen LogP contribution < -0.4 is 10.5 Å². The van der Waals surface area contributed by atoms with Crippen LogP contribution in [-0.4, -0.2) is 17.3 Å². The maximum absolute atomic E-state index is 5.64. The minimum Gasteiger partial charge on any atom is -0.496 e. The van der Waals surface area contributed by atoms with Crippen LogP contribution in [0.25, 0.3) is 22.2 Å². The van der Waals surface area contributed by atoms with Gasteiger partial charge in [-0.15, -0.1) is 11.3 Å². The first-order chi connectivity index (χ1) is 9.26. The van der Waals surface area contributed by atoms with Gasteiger partial charge >= 0.3 is 0 Å². The quantitative estimate of drug-likeness (QED) is 0.742. The molecule has 3 aromatic rings. The molecule has 2 heterocycles. The Labute approximate surface area is 113 Å². The number of thiophene rings is 1. The van der Waals surface area contributed by atoms with E-state index in [4.69, 9.17) is 15.0 Å². The molecular formula is C13H11N3O2S. The number of ether oxygens (including phenoxy) is 1. The van der Waals surface area contributed by atoms with Gasteiger partial charge in [0.1, 0.15) is 5.75 Å².